The highest BCUT2D eigenvalue weighted by molar-refractivity contribution is 5.33. The molecule has 0 atom stereocenters. The van der Waals surface area contributed by atoms with Crippen LogP contribution in [0.2, 0.25) is 0 Å². The van der Waals surface area contributed by atoms with Crippen molar-refractivity contribution in [3.8, 4) is 11.5 Å². The van der Waals surface area contributed by atoms with Crippen molar-refractivity contribution in [2.24, 2.45) is 5.41 Å². The number of aryl methyl sites for hydroxylation is 1. The van der Waals surface area contributed by atoms with Crippen LogP contribution < -0.4 is 9.47 Å². The van der Waals surface area contributed by atoms with Gasteiger partial charge in [-0.25, -0.2) is 0 Å². The fourth-order valence-corrected chi connectivity index (χ4v) is 6.57. The third kappa shape index (κ3) is 7.67. The van der Waals surface area contributed by atoms with Crippen molar-refractivity contribution < 1.29 is 9.47 Å². The minimum absolute atomic E-state index is 0.364. The smallest absolute Gasteiger partial charge is 0.122 e. The van der Waals surface area contributed by atoms with Crippen LogP contribution in [0.25, 0.3) is 0 Å². The van der Waals surface area contributed by atoms with E-state index in [1.165, 1.54) is 67.4 Å². The standard InChI is InChI=1S/C36H48N2O2/c1-29(2)32-15-11-30(12-16-32)26-37-22-20-36(21-23-37)19-7-6-9-33-8-4-5-10-35(33)40-25-24-38(28-36)27-31-13-17-34(39-3)18-14-31/h4-5,8,10-18,29H,6-7,9,19-28H2,1-3H3. The lowest BCUT2D eigenvalue weighted by molar-refractivity contribution is 0.0410. The number of benzene rings is 3. The van der Waals surface area contributed by atoms with Gasteiger partial charge in [-0.15, -0.1) is 0 Å². The lowest BCUT2D eigenvalue weighted by atomic mass is 9.73. The van der Waals surface area contributed by atoms with Crippen molar-refractivity contribution in [2.45, 2.75) is 71.4 Å². The van der Waals surface area contributed by atoms with Gasteiger partial charge in [0.1, 0.15) is 18.1 Å². The summed E-state index contributed by atoms with van der Waals surface area (Å²) in [4.78, 5) is 5.34. The molecule has 0 aliphatic carbocycles. The van der Waals surface area contributed by atoms with Crippen molar-refractivity contribution in [1.29, 1.82) is 0 Å². The van der Waals surface area contributed by atoms with E-state index in [1.807, 2.05) is 0 Å². The van der Waals surface area contributed by atoms with Gasteiger partial charge in [0.15, 0.2) is 0 Å². The predicted molar refractivity (Wildman–Crippen MR) is 165 cm³/mol. The van der Waals surface area contributed by atoms with Gasteiger partial charge in [-0.3, -0.25) is 9.80 Å². The largest absolute Gasteiger partial charge is 0.497 e. The number of nitrogens with zero attached hydrogens (tertiary/aromatic N) is 2. The van der Waals surface area contributed by atoms with Gasteiger partial charge >= 0.3 is 0 Å². The van der Waals surface area contributed by atoms with Gasteiger partial charge in [-0.1, -0.05) is 74.9 Å². The Morgan fingerprint density at radius 3 is 2.15 bits per heavy atom. The van der Waals surface area contributed by atoms with Gasteiger partial charge in [0, 0.05) is 26.2 Å². The fourth-order valence-electron chi connectivity index (χ4n) is 6.57. The zero-order valence-corrected chi connectivity index (χ0v) is 24.9. The van der Waals surface area contributed by atoms with Crippen LogP contribution in [-0.4, -0.2) is 49.7 Å². The average Bonchev–Trinajstić information content (AvgIpc) is 2.97. The van der Waals surface area contributed by atoms with E-state index in [-0.39, 0.29) is 0 Å². The molecule has 4 nitrogen and oxygen atoms in total. The molecule has 1 spiro atoms. The van der Waals surface area contributed by atoms with E-state index in [9.17, 15) is 0 Å². The molecule has 1 fully saturated rings. The quantitative estimate of drug-likeness (QED) is 0.320. The Morgan fingerprint density at radius 1 is 0.775 bits per heavy atom. The molecular formula is C36H48N2O2. The second kappa shape index (κ2) is 13.7. The summed E-state index contributed by atoms with van der Waals surface area (Å²) in [5, 5.41) is 0. The van der Waals surface area contributed by atoms with Gasteiger partial charge in [0.25, 0.3) is 0 Å². The Kier molecular flexibility index (Phi) is 9.83. The van der Waals surface area contributed by atoms with Crippen molar-refractivity contribution >= 4 is 0 Å². The van der Waals surface area contributed by atoms with E-state index < -0.39 is 0 Å². The number of hydrogen-bond donors (Lipinski definition) is 0. The summed E-state index contributed by atoms with van der Waals surface area (Å²) >= 11 is 0. The van der Waals surface area contributed by atoms with E-state index in [4.69, 9.17) is 9.47 Å². The zero-order valence-electron chi connectivity index (χ0n) is 24.9. The molecule has 2 aliphatic heterocycles. The second-order valence-electron chi connectivity index (χ2n) is 12.4. The monoisotopic (exact) mass is 540 g/mol. The predicted octanol–water partition coefficient (Wildman–Crippen LogP) is 7.71. The maximum absolute atomic E-state index is 6.38. The molecule has 0 aromatic heterocycles. The molecule has 0 unspecified atom stereocenters. The highest BCUT2D eigenvalue weighted by Gasteiger charge is 2.36. The number of likely N-dealkylation sites (tertiary alicyclic amines) is 1. The van der Waals surface area contributed by atoms with Crippen LogP contribution in [0.4, 0.5) is 0 Å². The van der Waals surface area contributed by atoms with Crippen LogP contribution in [0.5, 0.6) is 11.5 Å². The molecule has 2 heterocycles. The first-order valence-electron chi connectivity index (χ1n) is 15.4. The third-order valence-electron chi connectivity index (χ3n) is 9.13. The van der Waals surface area contributed by atoms with Gasteiger partial charge in [0.05, 0.1) is 7.11 Å². The minimum atomic E-state index is 0.364. The molecule has 2 aliphatic rings. The van der Waals surface area contributed by atoms with Gasteiger partial charge < -0.3 is 9.47 Å². The Labute approximate surface area is 242 Å². The summed E-state index contributed by atoms with van der Waals surface area (Å²) in [6, 6.07) is 26.5. The summed E-state index contributed by atoms with van der Waals surface area (Å²) in [7, 11) is 1.73. The summed E-state index contributed by atoms with van der Waals surface area (Å²) in [5.41, 5.74) is 5.93. The minimum Gasteiger partial charge on any atom is -0.497 e. The lowest BCUT2D eigenvalue weighted by Crippen LogP contribution is -2.46. The Balaban J connectivity index is 1.28. The zero-order chi connectivity index (χ0) is 27.8. The number of ether oxygens (including phenoxy) is 2. The molecule has 0 bridgehead atoms. The molecule has 0 amide bonds. The number of fused-ring (bicyclic) bond motifs is 1. The molecule has 1 saturated heterocycles. The van der Waals surface area contributed by atoms with Gasteiger partial charge in [-0.2, -0.15) is 0 Å². The third-order valence-corrected chi connectivity index (χ3v) is 9.13. The number of hydrogen-bond acceptors (Lipinski definition) is 4. The van der Waals surface area contributed by atoms with Crippen LogP contribution in [0.1, 0.15) is 74.1 Å². The van der Waals surface area contributed by atoms with E-state index in [2.05, 4.69) is 96.4 Å². The second-order valence-corrected chi connectivity index (χ2v) is 12.4. The van der Waals surface area contributed by atoms with E-state index in [1.54, 1.807) is 7.11 Å². The fraction of sp³-hybridized carbons (Fsp3) is 0.500. The SMILES string of the molecule is COc1ccc(CN2CCOc3ccccc3CCCCC3(CCN(Cc4ccc(C(C)C)cc4)CC3)C2)cc1. The van der Waals surface area contributed by atoms with Crippen LogP contribution in [0.15, 0.2) is 72.8 Å². The molecule has 5 rings (SSSR count). The van der Waals surface area contributed by atoms with E-state index in [0.29, 0.717) is 11.3 Å². The highest BCUT2D eigenvalue weighted by Crippen LogP contribution is 2.39. The van der Waals surface area contributed by atoms with Crippen molar-refractivity contribution in [3.63, 3.8) is 0 Å². The van der Waals surface area contributed by atoms with Crippen molar-refractivity contribution in [2.75, 3.05) is 39.9 Å². The Bertz CT molecular complexity index is 1180. The first-order chi connectivity index (χ1) is 19.5. The van der Waals surface area contributed by atoms with Crippen LogP contribution in [0, 0.1) is 5.41 Å². The molecule has 3 aromatic carbocycles. The normalized spacial score (nSPS) is 18.9. The number of piperidine rings is 1. The first-order valence-corrected chi connectivity index (χ1v) is 15.4. The summed E-state index contributed by atoms with van der Waals surface area (Å²) in [6.07, 6.45) is 7.47. The molecule has 0 saturated carbocycles. The first kappa shape index (κ1) is 28.7. The van der Waals surface area contributed by atoms with Crippen LogP contribution in [0.3, 0.4) is 0 Å². The molecule has 40 heavy (non-hydrogen) atoms. The van der Waals surface area contributed by atoms with Crippen molar-refractivity contribution in [3.05, 3.63) is 95.1 Å². The maximum atomic E-state index is 6.38. The van der Waals surface area contributed by atoms with Crippen molar-refractivity contribution in [1.82, 2.24) is 9.80 Å². The highest BCUT2D eigenvalue weighted by atomic mass is 16.5. The summed E-state index contributed by atoms with van der Waals surface area (Å²) in [5.74, 6) is 2.57. The Hall–Kier alpha value is -2.82. The number of rotatable bonds is 6. The molecule has 4 heteroatoms. The number of methoxy groups -OCH3 is 1. The lowest BCUT2D eigenvalue weighted by Gasteiger charge is -2.45. The van der Waals surface area contributed by atoms with E-state index >= 15 is 0 Å². The summed E-state index contributed by atoms with van der Waals surface area (Å²) in [6.45, 7) is 11.7. The van der Waals surface area contributed by atoms with Gasteiger partial charge in [0.2, 0.25) is 0 Å². The maximum Gasteiger partial charge on any atom is 0.122 e. The topological polar surface area (TPSA) is 24.9 Å². The molecule has 0 N–H and O–H groups in total. The molecular weight excluding hydrogens is 492 g/mol. The molecule has 214 valence electrons. The average molecular weight is 541 g/mol. The molecule has 0 radical (unpaired) electrons. The van der Waals surface area contributed by atoms with Gasteiger partial charge in [-0.05, 0) is 97.0 Å². The molecule has 3 aromatic rings. The Morgan fingerprint density at radius 2 is 1.45 bits per heavy atom. The van der Waals surface area contributed by atoms with E-state index in [0.717, 1.165) is 50.7 Å². The van der Waals surface area contributed by atoms with Crippen LogP contribution in [-0.2, 0) is 19.5 Å². The van der Waals surface area contributed by atoms with Crippen LogP contribution >= 0.6 is 0 Å². The number of para-hydroxylation sites is 1. The summed E-state index contributed by atoms with van der Waals surface area (Å²) < 4.78 is 11.8.